The molecule has 1 N–H and O–H groups in total. The lowest BCUT2D eigenvalue weighted by Crippen LogP contribution is -2.36. The minimum absolute atomic E-state index is 0.146. The monoisotopic (exact) mass is 335 g/mol. The molecule has 0 unspecified atom stereocenters. The number of nitrogens with zero attached hydrogens (tertiary/aromatic N) is 1. The first-order chi connectivity index (χ1) is 11.6. The Kier molecular flexibility index (Phi) is 7.21. The highest BCUT2D eigenvalue weighted by molar-refractivity contribution is 5.97. The molecule has 1 amide bonds. The molecule has 0 aliphatic carbocycles. The molecule has 0 saturated carbocycles. The maximum atomic E-state index is 12.7. The minimum Gasteiger partial charge on any atom is -0.480 e. The Hall–Kier alpha value is -1.92. The van der Waals surface area contributed by atoms with Crippen LogP contribution in [-0.2, 0) is 20.9 Å². The summed E-state index contributed by atoms with van der Waals surface area (Å²) in [5.41, 5.74) is 1.31. The van der Waals surface area contributed by atoms with Crippen molar-refractivity contribution in [2.24, 2.45) is 0 Å². The van der Waals surface area contributed by atoms with Crippen molar-refractivity contribution in [3.63, 3.8) is 0 Å². The SMILES string of the molecule is CCCN(CC(=O)O)C(=O)c1ccccc1COC1CCOCC1. The summed E-state index contributed by atoms with van der Waals surface area (Å²) in [5.74, 6) is -1.27. The highest BCUT2D eigenvalue weighted by atomic mass is 16.5. The number of ether oxygens (including phenoxy) is 2. The van der Waals surface area contributed by atoms with E-state index in [0.29, 0.717) is 38.3 Å². The van der Waals surface area contributed by atoms with Gasteiger partial charge in [-0.05, 0) is 30.9 Å². The van der Waals surface area contributed by atoms with Crippen LogP contribution >= 0.6 is 0 Å². The third kappa shape index (κ3) is 5.32. The molecule has 1 aliphatic rings. The molecule has 6 nitrogen and oxygen atoms in total. The fourth-order valence-electron chi connectivity index (χ4n) is 2.76. The van der Waals surface area contributed by atoms with E-state index in [-0.39, 0.29) is 18.6 Å². The number of carboxylic acid groups (broad SMARTS) is 1. The Labute approximate surface area is 142 Å². The average molecular weight is 335 g/mol. The van der Waals surface area contributed by atoms with E-state index in [1.54, 1.807) is 12.1 Å². The predicted molar refractivity (Wildman–Crippen MR) is 88.9 cm³/mol. The number of carbonyl (C=O) groups excluding carboxylic acids is 1. The number of carbonyl (C=O) groups is 2. The molecule has 132 valence electrons. The summed E-state index contributed by atoms with van der Waals surface area (Å²) in [6, 6.07) is 7.24. The Morgan fingerprint density at radius 2 is 2.00 bits per heavy atom. The van der Waals surface area contributed by atoms with Gasteiger partial charge in [0.1, 0.15) is 6.54 Å². The topological polar surface area (TPSA) is 76.1 Å². The molecule has 1 aromatic rings. The van der Waals surface area contributed by atoms with Crippen molar-refractivity contribution in [3.05, 3.63) is 35.4 Å². The summed E-state index contributed by atoms with van der Waals surface area (Å²) in [6.07, 6.45) is 2.57. The van der Waals surface area contributed by atoms with Crippen LogP contribution in [0.1, 0.15) is 42.1 Å². The minimum atomic E-state index is -1.01. The van der Waals surface area contributed by atoms with E-state index in [9.17, 15) is 9.59 Å². The molecule has 0 atom stereocenters. The van der Waals surface area contributed by atoms with Crippen molar-refractivity contribution < 1.29 is 24.2 Å². The number of rotatable bonds is 8. The van der Waals surface area contributed by atoms with Crippen molar-refractivity contribution in [2.45, 2.75) is 38.9 Å². The molecule has 24 heavy (non-hydrogen) atoms. The van der Waals surface area contributed by atoms with E-state index in [1.165, 1.54) is 4.90 Å². The maximum Gasteiger partial charge on any atom is 0.323 e. The van der Waals surface area contributed by atoms with Crippen LogP contribution in [0.15, 0.2) is 24.3 Å². The molecule has 0 radical (unpaired) electrons. The van der Waals surface area contributed by atoms with Gasteiger partial charge in [0.05, 0.1) is 12.7 Å². The van der Waals surface area contributed by atoms with Gasteiger partial charge in [0.25, 0.3) is 5.91 Å². The fourth-order valence-corrected chi connectivity index (χ4v) is 2.76. The van der Waals surface area contributed by atoms with Crippen molar-refractivity contribution in [2.75, 3.05) is 26.3 Å². The summed E-state index contributed by atoms with van der Waals surface area (Å²) in [7, 11) is 0. The molecule has 0 spiro atoms. The molecular formula is C18H25NO5. The zero-order valence-electron chi connectivity index (χ0n) is 14.1. The first kappa shape index (κ1) is 18.4. The van der Waals surface area contributed by atoms with Gasteiger partial charge in [-0.1, -0.05) is 25.1 Å². The maximum absolute atomic E-state index is 12.7. The van der Waals surface area contributed by atoms with Gasteiger partial charge in [-0.25, -0.2) is 0 Å². The van der Waals surface area contributed by atoms with Gasteiger partial charge >= 0.3 is 5.97 Å². The molecule has 2 rings (SSSR count). The van der Waals surface area contributed by atoms with E-state index >= 15 is 0 Å². The van der Waals surface area contributed by atoms with Crippen molar-refractivity contribution in [1.29, 1.82) is 0 Å². The standard InChI is InChI=1S/C18H25NO5/c1-2-9-19(12-17(20)21)18(22)16-6-4-3-5-14(16)13-24-15-7-10-23-11-8-15/h3-6,15H,2,7-13H2,1H3,(H,20,21). The lowest BCUT2D eigenvalue weighted by molar-refractivity contribution is -0.137. The van der Waals surface area contributed by atoms with Crippen LogP contribution in [-0.4, -0.2) is 54.3 Å². The van der Waals surface area contributed by atoms with Gasteiger partial charge in [0.2, 0.25) is 0 Å². The van der Waals surface area contributed by atoms with Gasteiger partial charge in [-0.3, -0.25) is 9.59 Å². The largest absolute Gasteiger partial charge is 0.480 e. The second-order valence-electron chi connectivity index (χ2n) is 5.90. The predicted octanol–water partition coefficient (Wildman–Crippen LogP) is 2.32. The molecule has 1 fully saturated rings. The van der Waals surface area contributed by atoms with Gasteiger partial charge in [-0.15, -0.1) is 0 Å². The lowest BCUT2D eigenvalue weighted by Gasteiger charge is -2.24. The van der Waals surface area contributed by atoms with E-state index in [4.69, 9.17) is 14.6 Å². The summed E-state index contributed by atoms with van der Waals surface area (Å²) in [5, 5.41) is 9.02. The van der Waals surface area contributed by atoms with E-state index < -0.39 is 5.97 Å². The van der Waals surface area contributed by atoms with Gasteiger partial charge in [-0.2, -0.15) is 0 Å². The Bertz CT molecular complexity index is 554. The lowest BCUT2D eigenvalue weighted by atomic mass is 10.1. The molecule has 1 aliphatic heterocycles. The molecule has 1 saturated heterocycles. The Morgan fingerprint density at radius 1 is 1.29 bits per heavy atom. The second kappa shape index (κ2) is 9.39. The number of amides is 1. The van der Waals surface area contributed by atoms with Crippen molar-refractivity contribution in [3.8, 4) is 0 Å². The molecule has 6 heteroatoms. The average Bonchev–Trinajstić information content (AvgIpc) is 2.60. The first-order valence-corrected chi connectivity index (χ1v) is 8.40. The summed E-state index contributed by atoms with van der Waals surface area (Å²) in [6.45, 7) is 3.80. The number of hydrogen-bond donors (Lipinski definition) is 1. The number of benzene rings is 1. The third-order valence-electron chi connectivity index (χ3n) is 4.00. The third-order valence-corrected chi connectivity index (χ3v) is 4.00. The van der Waals surface area contributed by atoms with E-state index in [2.05, 4.69) is 0 Å². The normalized spacial score (nSPS) is 15.2. The van der Waals surface area contributed by atoms with Crippen LogP contribution in [0.5, 0.6) is 0 Å². The van der Waals surface area contributed by atoms with Crippen LogP contribution in [0.4, 0.5) is 0 Å². The van der Waals surface area contributed by atoms with Crippen molar-refractivity contribution in [1.82, 2.24) is 4.90 Å². The van der Waals surface area contributed by atoms with E-state index in [0.717, 1.165) is 18.4 Å². The number of aliphatic carboxylic acids is 1. The van der Waals surface area contributed by atoms with Crippen LogP contribution < -0.4 is 0 Å². The smallest absolute Gasteiger partial charge is 0.323 e. The zero-order valence-corrected chi connectivity index (χ0v) is 14.1. The van der Waals surface area contributed by atoms with Gasteiger partial charge in [0.15, 0.2) is 0 Å². The van der Waals surface area contributed by atoms with Crippen LogP contribution in [0.25, 0.3) is 0 Å². The van der Waals surface area contributed by atoms with Crippen LogP contribution in [0.2, 0.25) is 0 Å². The number of carboxylic acids is 1. The molecule has 1 heterocycles. The van der Waals surface area contributed by atoms with Crippen LogP contribution in [0, 0.1) is 0 Å². The highest BCUT2D eigenvalue weighted by Crippen LogP contribution is 2.17. The second-order valence-corrected chi connectivity index (χ2v) is 5.90. The quantitative estimate of drug-likeness (QED) is 0.789. The number of hydrogen-bond acceptors (Lipinski definition) is 4. The summed E-state index contributed by atoms with van der Waals surface area (Å²) < 4.78 is 11.2. The molecule has 0 bridgehead atoms. The molecule has 1 aromatic carbocycles. The molecule has 0 aromatic heterocycles. The Morgan fingerprint density at radius 3 is 2.67 bits per heavy atom. The van der Waals surface area contributed by atoms with Crippen molar-refractivity contribution >= 4 is 11.9 Å². The van der Waals surface area contributed by atoms with Crippen LogP contribution in [0.3, 0.4) is 0 Å². The van der Waals surface area contributed by atoms with Gasteiger partial charge in [0, 0.05) is 25.3 Å². The summed E-state index contributed by atoms with van der Waals surface area (Å²) >= 11 is 0. The Balaban J connectivity index is 2.07. The zero-order chi connectivity index (χ0) is 17.4. The molecular weight excluding hydrogens is 310 g/mol. The highest BCUT2D eigenvalue weighted by Gasteiger charge is 2.21. The van der Waals surface area contributed by atoms with Gasteiger partial charge < -0.3 is 19.5 Å². The fraction of sp³-hybridized carbons (Fsp3) is 0.556. The summed E-state index contributed by atoms with van der Waals surface area (Å²) in [4.78, 5) is 25.1. The first-order valence-electron chi connectivity index (χ1n) is 8.40. The van der Waals surface area contributed by atoms with E-state index in [1.807, 2.05) is 19.1 Å².